The Balaban J connectivity index is 1.75. The first-order valence-corrected chi connectivity index (χ1v) is 10.0. The molecule has 0 aliphatic heterocycles. The van der Waals surface area contributed by atoms with Crippen molar-refractivity contribution in [1.29, 1.82) is 5.26 Å². The van der Waals surface area contributed by atoms with Crippen LogP contribution in [-0.4, -0.2) is 13.4 Å². The van der Waals surface area contributed by atoms with Gasteiger partial charge in [-0.05, 0) is 24.3 Å². The number of thiazole rings is 1. The Kier molecular flexibility index (Phi) is 3.49. The van der Waals surface area contributed by atoms with Crippen LogP contribution in [0.5, 0.6) is 0 Å². The Labute approximate surface area is 145 Å². The van der Waals surface area contributed by atoms with Gasteiger partial charge in [0.2, 0.25) is 0 Å². The Morgan fingerprint density at radius 3 is 2.79 bits per heavy atom. The molecule has 0 aliphatic carbocycles. The molecule has 0 unspecified atom stereocenters. The number of benzene rings is 2. The number of hydrogen-bond donors (Lipinski definition) is 1. The predicted molar refractivity (Wildman–Crippen MR) is 97.0 cm³/mol. The van der Waals surface area contributed by atoms with Crippen LogP contribution < -0.4 is 4.72 Å². The van der Waals surface area contributed by atoms with E-state index in [0.29, 0.717) is 16.5 Å². The fraction of sp³-hybridized carbons (Fsp3) is 0. The van der Waals surface area contributed by atoms with Crippen LogP contribution in [0.1, 0.15) is 5.56 Å². The van der Waals surface area contributed by atoms with Crippen molar-refractivity contribution in [2.24, 2.45) is 0 Å². The van der Waals surface area contributed by atoms with E-state index in [1.165, 1.54) is 22.7 Å². The molecule has 4 rings (SSSR count). The Bertz CT molecular complexity index is 1220. The van der Waals surface area contributed by atoms with Crippen molar-refractivity contribution in [3.8, 4) is 6.07 Å². The van der Waals surface area contributed by atoms with Gasteiger partial charge in [-0.2, -0.15) is 5.26 Å². The SMILES string of the molecule is N#Cc1ccc2nc(NS(=O)(=O)c3csc4ccccc34)sc2c1. The highest BCUT2D eigenvalue weighted by atomic mass is 32.2. The van der Waals surface area contributed by atoms with Gasteiger partial charge < -0.3 is 0 Å². The molecule has 2 heterocycles. The third-order valence-corrected chi connectivity index (χ3v) is 7.03. The summed E-state index contributed by atoms with van der Waals surface area (Å²) in [5.41, 5.74) is 1.18. The maximum absolute atomic E-state index is 12.7. The van der Waals surface area contributed by atoms with Crippen molar-refractivity contribution in [2.45, 2.75) is 4.90 Å². The highest BCUT2D eigenvalue weighted by molar-refractivity contribution is 7.93. The van der Waals surface area contributed by atoms with E-state index in [1.807, 2.05) is 18.2 Å². The predicted octanol–water partition coefficient (Wildman–Crippen LogP) is 4.18. The molecule has 2 aromatic carbocycles. The minimum Gasteiger partial charge on any atom is -0.255 e. The average molecular weight is 371 g/mol. The quantitative estimate of drug-likeness (QED) is 0.585. The minimum atomic E-state index is -3.72. The molecule has 0 fully saturated rings. The van der Waals surface area contributed by atoms with Gasteiger partial charge in [0, 0.05) is 15.5 Å². The van der Waals surface area contributed by atoms with E-state index in [4.69, 9.17) is 5.26 Å². The lowest BCUT2D eigenvalue weighted by Gasteiger charge is -2.03. The van der Waals surface area contributed by atoms with Gasteiger partial charge in [0.25, 0.3) is 10.0 Å². The molecule has 0 atom stereocenters. The van der Waals surface area contributed by atoms with Crippen LogP contribution >= 0.6 is 22.7 Å². The zero-order valence-corrected chi connectivity index (χ0v) is 14.5. The summed E-state index contributed by atoms with van der Waals surface area (Å²) in [6.07, 6.45) is 0. The number of thiophene rings is 1. The smallest absolute Gasteiger partial charge is 0.255 e. The zero-order valence-electron chi connectivity index (χ0n) is 12.1. The third-order valence-electron chi connectivity index (χ3n) is 3.47. The molecule has 0 aliphatic rings. The Morgan fingerprint density at radius 1 is 1.12 bits per heavy atom. The summed E-state index contributed by atoms with van der Waals surface area (Å²) in [5.74, 6) is 0. The van der Waals surface area contributed by atoms with Crippen molar-refractivity contribution in [2.75, 3.05) is 4.72 Å². The maximum Gasteiger partial charge on any atom is 0.265 e. The van der Waals surface area contributed by atoms with Crippen LogP contribution in [-0.2, 0) is 10.0 Å². The number of fused-ring (bicyclic) bond motifs is 2. The summed E-state index contributed by atoms with van der Waals surface area (Å²) in [7, 11) is -3.72. The van der Waals surface area contributed by atoms with Crippen LogP contribution in [0.25, 0.3) is 20.3 Å². The second-order valence-electron chi connectivity index (χ2n) is 5.01. The molecular formula is C16H9N3O2S3. The Morgan fingerprint density at radius 2 is 1.96 bits per heavy atom. The highest BCUT2D eigenvalue weighted by Crippen LogP contribution is 2.32. The van der Waals surface area contributed by atoms with Crippen molar-refractivity contribution < 1.29 is 8.42 Å². The minimum absolute atomic E-state index is 0.250. The molecule has 118 valence electrons. The number of hydrogen-bond acceptors (Lipinski definition) is 6. The van der Waals surface area contributed by atoms with Crippen molar-refractivity contribution >= 4 is 58.1 Å². The topological polar surface area (TPSA) is 82.8 Å². The number of nitrogens with zero attached hydrogens (tertiary/aromatic N) is 2. The number of anilines is 1. The summed E-state index contributed by atoms with van der Waals surface area (Å²) in [6.45, 7) is 0. The standard InChI is InChI=1S/C16H9N3O2S3/c17-8-10-5-6-12-14(7-10)23-16(18-12)19-24(20,21)15-9-22-13-4-2-1-3-11(13)15/h1-7,9H,(H,18,19). The monoisotopic (exact) mass is 371 g/mol. The first kappa shape index (κ1) is 15.1. The molecule has 0 saturated carbocycles. The summed E-state index contributed by atoms with van der Waals surface area (Å²) >= 11 is 2.60. The van der Waals surface area contributed by atoms with Gasteiger partial charge in [-0.1, -0.05) is 29.5 Å². The van der Waals surface area contributed by atoms with Gasteiger partial charge in [0.1, 0.15) is 4.90 Å². The molecule has 24 heavy (non-hydrogen) atoms. The molecule has 2 aromatic heterocycles. The normalized spacial score (nSPS) is 11.6. The number of nitriles is 1. The number of rotatable bonds is 3. The average Bonchev–Trinajstić information content (AvgIpc) is 3.17. The van der Waals surface area contributed by atoms with Gasteiger partial charge in [-0.3, -0.25) is 4.72 Å². The molecule has 5 nitrogen and oxygen atoms in total. The van der Waals surface area contributed by atoms with E-state index in [0.717, 1.165) is 9.40 Å². The van der Waals surface area contributed by atoms with Gasteiger partial charge in [-0.15, -0.1) is 11.3 Å². The van der Waals surface area contributed by atoms with E-state index in [2.05, 4.69) is 15.8 Å². The van der Waals surface area contributed by atoms with Crippen molar-refractivity contribution in [1.82, 2.24) is 4.98 Å². The van der Waals surface area contributed by atoms with Crippen LogP contribution in [0, 0.1) is 11.3 Å². The first-order valence-electron chi connectivity index (χ1n) is 6.86. The van der Waals surface area contributed by atoms with E-state index < -0.39 is 10.0 Å². The van der Waals surface area contributed by atoms with Crippen LogP contribution in [0.2, 0.25) is 0 Å². The number of nitrogens with one attached hydrogen (secondary N) is 1. The molecule has 4 aromatic rings. The summed E-state index contributed by atoms with van der Waals surface area (Å²) in [4.78, 5) is 4.54. The van der Waals surface area contributed by atoms with Gasteiger partial charge in [-0.25, -0.2) is 13.4 Å². The molecule has 0 spiro atoms. The lowest BCUT2D eigenvalue weighted by molar-refractivity contribution is 0.602. The Hall–Kier alpha value is -2.47. The lowest BCUT2D eigenvalue weighted by atomic mass is 10.2. The van der Waals surface area contributed by atoms with Crippen molar-refractivity contribution in [3.05, 3.63) is 53.4 Å². The van der Waals surface area contributed by atoms with Gasteiger partial charge in [0.05, 0.1) is 21.8 Å². The number of aromatic nitrogens is 1. The van der Waals surface area contributed by atoms with Gasteiger partial charge >= 0.3 is 0 Å². The molecular weight excluding hydrogens is 362 g/mol. The highest BCUT2D eigenvalue weighted by Gasteiger charge is 2.20. The van der Waals surface area contributed by atoms with Crippen LogP contribution in [0.3, 0.4) is 0 Å². The van der Waals surface area contributed by atoms with Gasteiger partial charge in [0.15, 0.2) is 5.13 Å². The summed E-state index contributed by atoms with van der Waals surface area (Å²) in [5, 5.41) is 11.6. The van der Waals surface area contributed by atoms with Crippen molar-refractivity contribution in [3.63, 3.8) is 0 Å². The number of sulfonamides is 1. The van der Waals surface area contributed by atoms with Crippen LogP contribution in [0.15, 0.2) is 52.7 Å². The zero-order chi connectivity index (χ0) is 16.7. The molecule has 0 saturated heterocycles. The molecule has 0 amide bonds. The fourth-order valence-electron chi connectivity index (χ4n) is 2.37. The summed E-state index contributed by atoms with van der Waals surface area (Å²) in [6, 6.07) is 14.5. The van der Waals surface area contributed by atoms with Crippen LogP contribution in [0.4, 0.5) is 5.13 Å². The molecule has 0 radical (unpaired) electrons. The molecule has 0 bridgehead atoms. The fourth-order valence-corrected chi connectivity index (χ4v) is 6.01. The molecule has 8 heteroatoms. The second-order valence-corrected chi connectivity index (χ2v) is 8.61. The molecule has 1 N–H and O–H groups in total. The maximum atomic E-state index is 12.7. The first-order chi connectivity index (χ1) is 11.6. The lowest BCUT2D eigenvalue weighted by Crippen LogP contribution is -2.12. The van der Waals surface area contributed by atoms with E-state index in [1.54, 1.807) is 29.6 Å². The van der Waals surface area contributed by atoms with E-state index >= 15 is 0 Å². The van der Waals surface area contributed by atoms with E-state index in [9.17, 15) is 8.42 Å². The third kappa shape index (κ3) is 2.53. The second kappa shape index (κ2) is 5.56. The van der Waals surface area contributed by atoms with E-state index in [-0.39, 0.29) is 10.0 Å². The summed E-state index contributed by atoms with van der Waals surface area (Å²) < 4.78 is 29.6. The largest absolute Gasteiger partial charge is 0.265 e.